The van der Waals surface area contributed by atoms with Gasteiger partial charge in [0.1, 0.15) is 5.75 Å². The molecule has 0 spiro atoms. The number of benzene rings is 1. The van der Waals surface area contributed by atoms with Gasteiger partial charge in [-0.25, -0.2) is 4.79 Å². The Hall–Kier alpha value is -2.24. The number of amides is 2. The molecule has 0 saturated carbocycles. The van der Waals surface area contributed by atoms with E-state index >= 15 is 0 Å². The van der Waals surface area contributed by atoms with Gasteiger partial charge in [0.25, 0.3) is 0 Å². The maximum absolute atomic E-state index is 12.4. The monoisotopic (exact) mass is 348 g/mol. The topological polar surface area (TPSA) is 78.9 Å². The molecule has 1 aliphatic rings. The van der Waals surface area contributed by atoms with Crippen LogP contribution in [0.1, 0.15) is 38.7 Å². The number of carbonyl (C=O) groups is 2. The van der Waals surface area contributed by atoms with Crippen LogP contribution in [0.5, 0.6) is 5.75 Å². The van der Waals surface area contributed by atoms with E-state index in [1.165, 1.54) is 0 Å². The number of carboxylic acid groups (broad SMARTS) is 1. The average Bonchev–Trinajstić information content (AvgIpc) is 2.59. The number of urea groups is 1. The van der Waals surface area contributed by atoms with Crippen LogP contribution in [0.25, 0.3) is 0 Å². The van der Waals surface area contributed by atoms with Crippen LogP contribution in [0.4, 0.5) is 4.79 Å². The molecule has 25 heavy (non-hydrogen) atoms. The standard InChI is InChI=1S/C19H28N2O4/c1-3-4-8-25-17-7-5-6-15(10-17)11-20-19(24)21-12-14(2)9-16(13-21)18(22)23/h5-7,10,14,16H,3-4,8-9,11-13H2,1-2H3,(H,20,24)(H,22,23). The number of rotatable bonds is 7. The van der Waals surface area contributed by atoms with Crippen molar-refractivity contribution in [1.29, 1.82) is 0 Å². The average molecular weight is 348 g/mol. The molecule has 138 valence electrons. The number of hydrogen-bond donors (Lipinski definition) is 2. The number of aliphatic carboxylic acids is 1. The van der Waals surface area contributed by atoms with Crippen molar-refractivity contribution in [2.24, 2.45) is 11.8 Å². The maximum atomic E-state index is 12.4. The Morgan fingerprint density at radius 3 is 2.88 bits per heavy atom. The van der Waals surface area contributed by atoms with Crippen LogP contribution in [0.15, 0.2) is 24.3 Å². The number of hydrogen-bond acceptors (Lipinski definition) is 3. The van der Waals surface area contributed by atoms with Gasteiger partial charge in [-0.3, -0.25) is 4.79 Å². The van der Waals surface area contributed by atoms with Crippen LogP contribution in [0.3, 0.4) is 0 Å². The molecule has 2 N–H and O–H groups in total. The van der Waals surface area contributed by atoms with Crippen molar-refractivity contribution < 1.29 is 19.4 Å². The van der Waals surface area contributed by atoms with Crippen molar-refractivity contribution in [1.82, 2.24) is 10.2 Å². The molecule has 1 aromatic rings. The second-order valence-corrected chi connectivity index (χ2v) is 6.79. The van der Waals surface area contributed by atoms with Crippen molar-refractivity contribution in [2.45, 2.75) is 39.7 Å². The second kappa shape index (κ2) is 9.30. The summed E-state index contributed by atoms with van der Waals surface area (Å²) < 4.78 is 5.68. The summed E-state index contributed by atoms with van der Waals surface area (Å²) in [7, 11) is 0. The molecule has 2 unspecified atom stereocenters. The van der Waals surface area contributed by atoms with Gasteiger partial charge in [-0.1, -0.05) is 32.4 Å². The lowest BCUT2D eigenvalue weighted by molar-refractivity contribution is -0.143. The first-order valence-corrected chi connectivity index (χ1v) is 8.97. The maximum Gasteiger partial charge on any atom is 0.317 e. The number of piperidine rings is 1. The molecule has 1 heterocycles. The van der Waals surface area contributed by atoms with Crippen molar-refractivity contribution >= 4 is 12.0 Å². The number of carbonyl (C=O) groups excluding carboxylic acids is 1. The minimum Gasteiger partial charge on any atom is -0.494 e. The molecule has 1 saturated heterocycles. The van der Waals surface area contributed by atoms with E-state index in [9.17, 15) is 14.7 Å². The number of likely N-dealkylation sites (tertiary alicyclic amines) is 1. The molecular weight excluding hydrogens is 320 g/mol. The van der Waals surface area contributed by atoms with Crippen LogP contribution in [0.2, 0.25) is 0 Å². The minimum absolute atomic E-state index is 0.191. The molecule has 6 heteroatoms. The predicted octanol–water partition coefficient (Wildman–Crippen LogP) is 3.12. The van der Waals surface area contributed by atoms with Crippen LogP contribution < -0.4 is 10.1 Å². The van der Waals surface area contributed by atoms with E-state index in [1.807, 2.05) is 31.2 Å². The third kappa shape index (κ3) is 5.96. The lowest BCUT2D eigenvalue weighted by atomic mass is 9.91. The number of nitrogens with zero attached hydrogens (tertiary/aromatic N) is 1. The Labute approximate surface area is 149 Å². The quantitative estimate of drug-likeness (QED) is 0.742. The molecular formula is C19H28N2O4. The van der Waals surface area contributed by atoms with Crippen molar-refractivity contribution in [3.8, 4) is 5.75 Å². The van der Waals surface area contributed by atoms with E-state index in [-0.39, 0.29) is 18.5 Å². The highest BCUT2D eigenvalue weighted by Crippen LogP contribution is 2.22. The zero-order valence-corrected chi connectivity index (χ0v) is 15.0. The van der Waals surface area contributed by atoms with Gasteiger partial charge in [-0.2, -0.15) is 0 Å². The van der Waals surface area contributed by atoms with E-state index in [1.54, 1.807) is 4.90 Å². The third-order valence-electron chi connectivity index (χ3n) is 4.40. The van der Waals surface area contributed by atoms with E-state index in [4.69, 9.17) is 4.74 Å². The summed E-state index contributed by atoms with van der Waals surface area (Å²) in [5.74, 6) is -0.320. The first-order chi connectivity index (χ1) is 12.0. The minimum atomic E-state index is -0.832. The second-order valence-electron chi connectivity index (χ2n) is 6.79. The molecule has 0 bridgehead atoms. The van der Waals surface area contributed by atoms with E-state index in [0.717, 1.165) is 24.2 Å². The zero-order valence-electron chi connectivity index (χ0n) is 15.0. The van der Waals surface area contributed by atoms with Gasteiger partial charge >= 0.3 is 12.0 Å². The Bertz CT molecular complexity index is 591. The fraction of sp³-hybridized carbons (Fsp3) is 0.579. The summed E-state index contributed by atoms with van der Waals surface area (Å²) in [6, 6.07) is 7.47. The number of carboxylic acids is 1. The van der Waals surface area contributed by atoms with Crippen LogP contribution in [0, 0.1) is 11.8 Å². The lowest BCUT2D eigenvalue weighted by Gasteiger charge is -2.34. The molecule has 1 fully saturated rings. The van der Waals surface area contributed by atoms with Gasteiger partial charge in [0, 0.05) is 19.6 Å². The molecule has 2 atom stereocenters. The van der Waals surface area contributed by atoms with Gasteiger partial charge < -0.3 is 20.1 Å². The van der Waals surface area contributed by atoms with Crippen LogP contribution in [-0.2, 0) is 11.3 Å². The first-order valence-electron chi connectivity index (χ1n) is 8.97. The van der Waals surface area contributed by atoms with Crippen LogP contribution >= 0.6 is 0 Å². The van der Waals surface area contributed by atoms with Crippen molar-refractivity contribution in [2.75, 3.05) is 19.7 Å². The number of ether oxygens (including phenoxy) is 1. The summed E-state index contributed by atoms with van der Waals surface area (Å²) >= 11 is 0. The van der Waals surface area contributed by atoms with E-state index < -0.39 is 11.9 Å². The number of nitrogens with one attached hydrogen (secondary N) is 1. The highest BCUT2D eigenvalue weighted by Gasteiger charge is 2.31. The summed E-state index contributed by atoms with van der Waals surface area (Å²) in [6.07, 6.45) is 2.72. The van der Waals surface area contributed by atoms with Gasteiger partial charge in [-0.15, -0.1) is 0 Å². The highest BCUT2D eigenvalue weighted by molar-refractivity contribution is 5.76. The van der Waals surface area contributed by atoms with Gasteiger partial charge in [-0.05, 0) is 36.5 Å². The van der Waals surface area contributed by atoms with Crippen molar-refractivity contribution in [3.63, 3.8) is 0 Å². The smallest absolute Gasteiger partial charge is 0.317 e. The summed E-state index contributed by atoms with van der Waals surface area (Å²) in [6.45, 7) is 6.04. The SMILES string of the molecule is CCCCOc1cccc(CNC(=O)N2CC(C)CC(C(=O)O)C2)c1. The Balaban J connectivity index is 1.86. The molecule has 0 radical (unpaired) electrons. The summed E-state index contributed by atoms with van der Waals surface area (Å²) in [5.41, 5.74) is 0.960. The fourth-order valence-electron chi connectivity index (χ4n) is 3.07. The normalized spacial score (nSPS) is 20.2. The molecule has 6 nitrogen and oxygen atoms in total. The summed E-state index contributed by atoms with van der Waals surface area (Å²) in [5, 5.41) is 12.1. The van der Waals surface area contributed by atoms with E-state index in [2.05, 4.69) is 12.2 Å². The Morgan fingerprint density at radius 1 is 1.36 bits per heavy atom. The fourth-order valence-corrected chi connectivity index (χ4v) is 3.07. The van der Waals surface area contributed by atoms with Gasteiger partial charge in [0.2, 0.25) is 0 Å². The number of unbranched alkanes of at least 4 members (excludes halogenated alkanes) is 1. The lowest BCUT2D eigenvalue weighted by Crippen LogP contribution is -2.49. The predicted molar refractivity (Wildman–Crippen MR) is 95.6 cm³/mol. The van der Waals surface area contributed by atoms with Crippen molar-refractivity contribution in [3.05, 3.63) is 29.8 Å². The molecule has 0 aliphatic carbocycles. The first kappa shape index (κ1) is 19.1. The molecule has 2 rings (SSSR count). The van der Waals surface area contributed by atoms with Gasteiger partial charge in [0.05, 0.1) is 12.5 Å². The molecule has 2 amide bonds. The Kier molecular flexibility index (Phi) is 7.10. The van der Waals surface area contributed by atoms with Gasteiger partial charge in [0.15, 0.2) is 0 Å². The molecule has 0 aromatic heterocycles. The highest BCUT2D eigenvalue weighted by atomic mass is 16.5. The summed E-state index contributed by atoms with van der Waals surface area (Å²) in [4.78, 5) is 25.2. The zero-order chi connectivity index (χ0) is 18.2. The third-order valence-corrected chi connectivity index (χ3v) is 4.40. The van der Waals surface area contributed by atoms with Crippen LogP contribution in [-0.4, -0.2) is 41.7 Å². The molecule has 1 aliphatic heterocycles. The Morgan fingerprint density at radius 2 is 2.16 bits per heavy atom. The largest absolute Gasteiger partial charge is 0.494 e. The van der Waals surface area contributed by atoms with E-state index in [0.29, 0.717) is 26.1 Å². The molecule has 1 aromatic carbocycles.